The van der Waals surface area contributed by atoms with Crippen LogP contribution in [0, 0.1) is 0 Å². The fourth-order valence-electron chi connectivity index (χ4n) is 4.34. The van der Waals surface area contributed by atoms with Gasteiger partial charge in [0.05, 0.1) is 41.5 Å². The second-order valence-corrected chi connectivity index (χ2v) is 19.7. The van der Waals surface area contributed by atoms with E-state index < -0.39 is 28.1 Å². The smallest absolute Gasteiger partial charge is 0.338 e. The summed E-state index contributed by atoms with van der Waals surface area (Å²) >= 11 is 0. The molecule has 0 atom stereocenters. The number of hydrogen-bond acceptors (Lipinski definition) is 4. The van der Waals surface area contributed by atoms with E-state index in [1.54, 1.807) is 0 Å². The van der Waals surface area contributed by atoms with Crippen LogP contribution in [-0.4, -0.2) is 42.3 Å². The Morgan fingerprint density at radius 2 is 1.00 bits per heavy atom. The fraction of sp³-hybridized carbons (Fsp3) is 0.333. The first-order valence-electron chi connectivity index (χ1n) is 10.1. The third kappa shape index (κ3) is 3.70. The summed E-state index contributed by atoms with van der Waals surface area (Å²) in [4.78, 5) is 26.2. The molecular formula is C24H30O4Si2. The Labute approximate surface area is 180 Å². The van der Waals surface area contributed by atoms with Crippen molar-refractivity contribution < 1.29 is 19.1 Å². The van der Waals surface area contributed by atoms with Gasteiger partial charge in [-0.25, -0.2) is 9.59 Å². The minimum atomic E-state index is -2.07. The molecule has 30 heavy (non-hydrogen) atoms. The summed E-state index contributed by atoms with van der Waals surface area (Å²) in [5, 5.41) is 6.26. The Balaban J connectivity index is 2.76. The maximum atomic E-state index is 13.1. The minimum absolute atomic E-state index is 0.392. The molecule has 0 N–H and O–H groups in total. The van der Waals surface area contributed by atoms with Gasteiger partial charge in [-0.15, -0.1) is 0 Å². The van der Waals surface area contributed by atoms with Crippen LogP contribution in [0.1, 0.15) is 20.7 Å². The van der Waals surface area contributed by atoms with Gasteiger partial charge in [0, 0.05) is 0 Å². The first-order chi connectivity index (χ1) is 13.9. The molecule has 158 valence electrons. The molecule has 0 saturated carbocycles. The van der Waals surface area contributed by atoms with Crippen molar-refractivity contribution in [2.24, 2.45) is 0 Å². The molecule has 0 fully saturated rings. The second-order valence-electron chi connectivity index (χ2n) is 9.73. The zero-order valence-corrected chi connectivity index (χ0v) is 21.1. The largest absolute Gasteiger partial charge is 0.465 e. The summed E-state index contributed by atoms with van der Waals surface area (Å²) in [6.07, 6.45) is 0. The van der Waals surface area contributed by atoms with Crippen LogP contribution in [0.2, 0.25) is 39.3 Å². The third-order valence-corrected chi connectivity index (χ3v) is 9.49. The Morgan fingerprint density at radius 1 is 0.667 bits per heavy atom. The number of carbonyl (C=O) groups excluding carboxylic acids is 2. The van der Waals surface area contributed by atoms with Crippen molar-refractivity contribution in [1.29, 1.82) is 0 Å². The lowest BCUT2D eigenvalue weighted by molar-refractivity contribution is 0.0558. The van der Waals surface area contributed by atoms with Crippen LogP contribution in [0.15, 0.2) is 36.4 Å². The van der Waals surface area contributed by atoms with Gasteiger partial charge in [0.2, 0.25) is 0 Å². The lowest BCUT2D eigenvalue weighted by Crippen LogP contribution is -2.50. The van der Waals surface area contributed by atoms with E-state index >= 15 is 0 Å². The Morgan fingerprint density at radius 3 is 1.27 bits per heavy atom. The van der Waals surface area contributed by atoms with Gasteiger partial charge in [0.1, 0.15) is 0 Å². The van der Waals surface area contributed by atoms with Crippen LogP contribution >= 0.6 is 0 Å². The number of esters is 2. The molecule has 6 heteroatoms. The molecule has 0 unspecified atom stereocenters. The van der Waals surface area contributed by atoms with Crippen LogP contribution in [0.4, 0.5) is 0 Å². The highest BCUT2D eigenvalue weighted by atomic mass is 28.3. The van der Waals surface area contributed by atoms with E-state index in [1.165, 1.54) is 14.2 Å². The first kappa shape index (κ1) is 22.2. The number of ether oxygens (including phenoxy) is 2. The standard InChI is InChI=1S/C24H30O4Si2/c1-27-23(25)19-20(24(26)28-2)22(30(6,7)8)18-14-16-12-10-9-11-15(16)13-17(18)21(19)29(3,4)5/h9-14H,1-8H3. The summed E-state index contributed by atoms with van der Waals surface area (Å²) in [5.41, 5.74) is 0.785. The number of methoxy groups -OCH3 is 2. The highest BCUT2D eigenvalue weighted by molar-refractivity contribution is 6.94. The average molecular weight is 439 g/mol. The second kappa shape index (κ2) is 7.67. The van der Waals surface area contributed by atoms with Crippen molar-refractivity contribution in [2.45, 2.75) is 39.3 Å². The van der Waals surface area contributed by atoms with Crippen molar-refractivity contribution in [3.05, 3.63) is 47.5 Å². The van der Waals surface area contributed by atoms with Gasteiger partial charge in [-0.1, -0.05) is 63.5 Å². The lowest BCUT2D eigenvalue weighted by atomic mass is 9.97. The molecule has 4 nitrogen and oxygen atoms in total. The lowest BCUT2D eigenvalue weighted by Gasteiger charge is -2.30. The van der Waals surface area contributed by atoms with Crippen molar-refractivity contribution in [3.8, 4) is 0 Å². The van der Waals surface area contributed by atoms with Crippen LogP contribution in [0.5, 0.6) is 0 Å². The number of fused-ring (bicyclic) bond motifs is 2. The number of carbonyl (C=O) groups is 2. The predicted octanol–water partition coefficient (Wildman–Crippen LogP) is 4.66. The highest BCUT2D eigenvalue weighted by Crippen LogP contribution is 2.29. The molecular weight excluding hydrogens is 408 g/mol. The SMILES string of the molecule is COC(=O)c1c(C(=O)OC)c([Si](C)(C)C)c2cc3ccccc3cc2c1[Si](C)(C)C. The maximum Gasteiger partial charge on any atom is 0.338 e. The van der Waals surface area contributed by atoms with Gasteiger partial charge in [0.25, 0.3) is 0 Å². The van der Waals surface area contributed by atoms with Crippen LogP contribution in [0.25, 0.3) is 21.5 Å². The van der Waals surface area contributed by atoms with Crippen molar-refractivity contribution in [1.82, 2.24) is 0 Å². The van der Waals surface area contributed by atoms with Gasteiger partial charge >= 0.3 is 11.9 Å². The van der Waals surface area contributed by atoms with E-state index in [2.05, 4.69) is 63.5 Å². The number of hydrogen-bond donors (Lipinski definition) is 0. The summed E-state index contributed by atoms with van der Waals surface area (Å²) in [5.74, 6) is -0.940. The molecule has 0 saturated heterocycles. The third-order valence-electron chi connectivity index (χ3n) is 5.45. The number of rotatable bonds is 4. The van der Waals surface area contributed by atoms with E-state index in [-0.39, 0.29) is 0 Å². The topological polar surface area (TPSA) is 52.6 Å². The van der Waals surface area contributed by atoms with Gasteiger partial charge in [-0.05, 0) is 44.1 Å². The van der Waals surface area contributed by atoms with Crippen molar-refractivity contribution in [3.63, 3.8) is 0 Å². The molecule has 0 bridgehead atoms. The average Bonchev–Trinajstić information content (AvgIpc) is 2.67. The molecule has 0 aliphatic heterocycles. The molecule has 0 aromatic heterocycles. The van der Waals surface area contributed by atoms with Crippen LogP contribution < -0.4 is 10.4 Å². The molecule has 3 aromatic carbocycles. The summed E-state index contributed by atoms with van der Waals surface area (Å²) in [7, 11) is -1.41. The number of benzene rings is 3. The summed E-state index contributed by atoms with van der Waals surface area (Å²) in [6.45, 7) is 13.2. The first-order valence-corrected chi connectivity index (χ1v) is 17.1. The molecule has 0 aliphatic carbocycles. The normalized spacial score (nSPS) is 12.3. The predicted molar refractivity (Wildman–Crippen MR) is 130 cm³/mol. The molecule has 0 amide bonds. The van der Waals surface area contributed by atoms with E-state index in [0.29, 0.717) is 11.1 Å². The zero-order valence-electron chi connectivity index (χ0n) is 19.1. The van der Waals surface area contributed by atoms with Gasteiger partial charge in [0.15, 0.2) is 0 Å². The minimum Gasteiger partial charge on any atom is -0.465 e. The van der Waals surface area contributed by atoms with Gasteiger partial charge < -0.3 is 9.47 Å². The maximum absolute atomic E-state index is 13.1. The molecule has 0 spiro atoms. The summed E-state index contributed by atoms with van der Waals surface area (Å²) < 4.78 is 10.4. The molecule has 0 heterocycles. The van der Waals surface area contributed by atoms with E-state index in [4.69, 9.17) is 9.47 Å². The molecule has 3 rings (SSSR count). The zero-order chi connectivity index (χ0) is 22.4. The monoisotopic (exact) mass is 438 g/mol. The Bertz CT molecular complexity index is 1080. The molecule has 3 aromatic rings. The summed E-state index contributed by atoms with van der Waals surface area (Å²) in [6, 6.07) is 12.6. The van der Waals surface area contributed by atoms with Crippen LogP contribution in [-0.2, 0) is 9.47 Å². The van der Waals surface area contributed by atoms with Crippen LogP contribution in [0.3, 0.4) is 0 Å². The van der Waals surface area contributed by atoms with Gasteiger partial charge in [-0.3, -0.25) is 0 Å². The van der Waals surface area contributed by atoms with E-state index in [9.17, 15) is 9.59 Å². The highest BCUT2D eigenvalue weighted by Gasteiger charge is 2.37. The van der Waals surface area contributed by atoms with Crippen molar-refractivity contribution in [2.75, 3.05) is 14.2 Å². The van der Waals surface area contributed by atoms with Crippen molar-refractivity contribution >= 4 is 60.0 Å². The van der Waals surface area contributed by atoms with E-state index in [1.807, 2.05) is 12.1 Å². The molecule has 0 aliphatic rings. The molecule has 0 radical (unpaired) electrons. The quantitative estimate of drug-likeness (QED) is 0.338. The Hall–Kier alpha value is -2.45. The Kier molecular flexibility index (Phi) is 5.69. The van der Waals surface area contributed by atoms with E-state index in [0.717, 1.165) is 31.9 Å². The fourth-order valence-corrected chi connectivity index (χ4v) is 8.33. The van der Waals surface area contributed by atoms with Gasteiger partial charge in [-0.2, -0.15) is 0 Å².